The van der Waals surface area contributed by atoms with Crippen molar-refractivity contribution in [3.05, 3.63) is 28.8 Å². The van der Waals surface area contributed by atoms with E-state index < -0.39 is 0 Å². The van der Waals surface area contributed by atoms with Gasteiger partial charge in [-0.25, -0.2) is 0 Å². The zero-order valence-electron chi connectivity index (χ0n) is 9.13. The monoisotopic (exact) mass is 242 g/mol. The fourth-order valence-corrected chi connectivity index (χ4v) is 1.45. The lowest BCUT2D eigenvalue weighted by molar-refractivity contribution is -0.121. The first-order valence-electron chi connectivity index (χ1n) is 4.96. The van der Waals surface area contributed by atoms with E-state index in [9.17, 15) is 4.79 Å². The molecule has 0 bridgehead atoms. The molecule has 0 aliphatic carbocycles. The van der Waals surface area contributed by atoms with Crippen LogP contribution < -0.4 is 15.8 Å². The quantitative estimate of drug-likeness (QED) is 0.819. The number of carbonyl (C=O) groups is 1. The maximum absolute atomic E-state index is 11.2. The third-order valence-corrected chi connectivity index (χ3v) is 2.46. The lowest BCUT2D eigenvalue weighted by Gasteiger charge is -2.08. The smallest absolute Gasteiger partial charge is 0.221 e. The summed E-state index contributed by atoms with van der Waals surface area (Å²) in [4.78, 5) is 11.2. The number of nitrogens with one attached hydrogen (secondary N) is 1. The Labute approximate surface area is 99.7 Å². The molecule has 0 spiro atoms. The molecule has 88 valence electrons. The number of rotatable bonds is 5. The van der Waals surface area contributed by atoms with Crippen molar-refractivity contribution in [2.24, 2.45) is 5.73 Å². The van der Waals surface area contributed by atoms with E-state index in [1.807, 2.05) is 6.07 Å². The van der Waals surface area contributed by atoms with Crippen molar-refractivity contribution in [1.29, 1.82) is 0 Å². The Morgan fingerprint density at radius 1 is 1.56 bits per heavy atom. The minimum atomic E-state index is -0.0746. The highest BCUT2D eigenvalue weighted by atomic mass is 35.5. The van der Waals surface area contributed by atoms with Crippen LogP contribution in [0.3, 0.4) is 0 Å². The van der Waals surface area contributed by atoms with Crippen molar-refractivity contribution >= 4 is 17.5 Å². The van der Waals surface area contributed by atoms with Crippen molar-refractivity contribution in [3.63, 3.8) is 0 Å². The van der Waals surface area contributed by atoms with Crippen LogP contribution in [0.5, 0.6) is 5.75 Å². The zero-order chi connectivity index (χ0) is 12.0. The molecule has 4 nitrogen and oxygen atoms in total. The first-order valence-corrected chi connectivity index (χ1v) is 5.34. The van der Waals surface area contributed by atoms with E-state index in [0.29, 0.717) is 30.3 Å². The number of hydrogen-bond acceptors (Lipinski definition) is 3. The summed E-state index contributed by atoms with van der Waals surface area (Å²) in [6.45, 7) is 0.754. The molecule has 0 aliphatic heterocycles. The van der Waals surface area contributed by atoms with Crippen LogP contribution in [0.1, 0.15) is 12.0 Å². The van der Waals surface area contributed by atoms with Gasteiger partial charge in [0, 0.05) is 24.5 Å². The first-order chi connectivity index (χ1) is 7.67. The molecule has 0 aromatic heterocycles. The number of amides is 1. The van der Waals surface area contributed by atoms with E-state index in [1.165, 1.54) is 0 Å². The Balaban J connectivity index is 2.57. The zero-order valence-corrected chi connectivity index (χ0v) is 9.88. The molecule has 0 fully saturated rings. The molecule has 3 N–H and O–H groups in total. The normalized spacial score (nSPS) is 9.94. The van der Waals surface area contributed by atoms with E-state index >= 15 is 0 Å². The second-order valence-electron chi connectivity index (χ2n) is 3.27. The van der Waals surface area contributed by atoms with Gasteiger partial charge >= 0.3 is 0 Å². The number of halogens is 1. The van der Waals surface area contributed by atoms with Gasteiger partial charge in [-0.2, -0.15) is 0 Å². The largest absolute Gasteiger partial charge is 0.497 e. The number of nitrogens with two attached hydrogens (primary N) is 1. The maximum atomic E-state index is 11.2. The summed E-state index contributed by atoms with van der Waals surface area (Å²) in [7, 11) is 1.58. The van der Waals surface area contributed by atoms with Crippen molar-refractivity contribution < 1.29 is 9.53 Å². The van der Waals surface area contributed by atoms with Crippen molar-refractivity contribution in [3.8, 4) is 5.75 Å². The molecular formula is C11H15ClN2O2. The third-order valence-electron chi connectivity index (χ3n) is 2.11. The summed E-state index contributed by atoms with van der Waals surface area (Å²) in [5.41, 5.74) is 6.12. The van der Waals surface area contributed by atoms with E-state index in [2.05, 4.69) is 5.32 Å². The molecular weight excluding hydrogens is 228 g/mol. The van der Waals surface area contributed by atoms with Gasteiger partial charge in [-0.1, -0.05) is 17.7 Å². The fourth-order valence-electron chi connectivity index (χ4n) is 1.21. The van der Waals surface area contributed by atoms with Crippen molar-refractivity contribution in [2.45, 2.75) is 13.0 Å². The molecule has 0 heterocycles. The van der Waals surface area contributed by atoms with Gasteiger partial charge in [0.1, 0.15) is 5.75 Å². The van der Waals surface area contributed by atoms with E-state index in [4.69, 9.17) is 22.1 Å². The average molecular weight is 243 g/mol. The van der Waals surface area contributed by atoms with Gasteiger partial charge in [-0.15, -0.1) is 0 Å². The first kappa shape index (κ1) is 12.8. The molecule has 16 heavy (non-hydrogen) atoms. The Hall–Kier alpha value is -1.26. The highest BCUT2D eigenvalue weighted by Crippen LogP contribution is 2.22. The fraction of sp³-hybridized carbons (Fsp3) is 0.364. The van der Waals surface area contributed by atoms with Crippen LogP contribution in [0.15, 0.2) is 18.2 Å². The lowest BCUT2D eigenvalue weighted by atomic mass is 10.2. The summed E-state index contributed by atoms with van der Waals surface area (Å²) in [5.74, 6) is 0.622. The van der Waals surface area contributed by atoms with E-state index in [-0.39, 0.29) is 5.91 Å². The van der Waals surface area contributed by atoms with Crippen LogP contribution in [-0.4, -0.2) is 19.6 Å². The minimum absolute atomic E-state index is 0.0746. The van der Waals surface area contributed by atoms with Crippen LogP contribution in [0, 0.1) is 0 Å². The second-order valence-corrected chi connectivity index (χ2v) is 3.68. The number of carbonyl (C=O) groups excluding carboxylic acids is 1. The highest BCUT2D eigenvalue weighted by molar-refractivity contribution is 6.31. The number of hydrogen-bond donors (Lipinski definition) is 2. The Morgan fingerprint density at radius 3 is 2.88 bits per heavy atom. The van der Waals surface area contributed by atoms with Crippen LogP contribution >= 0.6 is 11.6 Å². The predicted octanol–water partition coefficient (Wildman–Crippen LogP) is 1.31. The summed E-state index contributed by atoms with van der Waals surface area (Å²) in [6, 6.07) is 5.34. The molecule has 0 radical (unpaired) electrons. The van der Waals surface area contributed by atoms with Crippen LogP contribution in [0.4, 0.5) is 0 Å². The van der Waals surface area contributed by atoms with Gasteiger partial charge in [0.2, 0.25) is 5.91 Å². The number of benzene rings is 1. The van der Waals surface area contributed by atoms with Gasteiger partial charge in [0.15, 0.2) is 0 Å². The molecule has 1 aromatic carbocycles. The lowest BCUT2D eigenvalue weighted by Crippen LogP contribution is -2.25. The molecule has 0 unspecified atom stereocenters. The summed E-state index contributed by atoms with van der Waals surface area (Å²) >= 11 is 6.01. The second kappa shape index (κ2) is 6.35. The molecule has 0 saturated heterocycles. The molecule has 0 saturated carbocycles. The maximum Gasteiger partial charge on any atom is 0.221 e. The summed E-state index contributed by atoms with van der Waals surface area (Å²) < 4.78 is 5.03. The van der Waals surface area contributed by atoms with Gasteiger partial charge < -0.3 is 15.8 Å². The molecule has 1 rings (SSSR count). The molecule has 5 heteroatoms. The van der Waals surface area contributed by atoms with Gasteiger partial charge in [-0.05, 0) is 17.7 Å². The predicted molar refractivity (Wildman–Crippen MR) is 63.5 cm³/mol. The van der Waals surface area contributed by atoms with Crippen LogP contribution in [-0.2, 0) is 11.3 Å². The summed E-state index contributed by atoms with van der Waals surface area (Å²) in [5, 5.41) is 3.31. The van der Waals surface area contributed by atoms with E-state index in [0.717, 1.165) is 5.56 Å². The minimum Gasteiger partial charge on any atom is -0.497 e. The van der Waals surface area contributed by atoms with Crippen LogP contribution in [0.2, 0.25) is 5.02 Å². The van der Waals surface area contributed by atoms with Crippen molar-refractivity contribution in [1.82, 2.24) is 5.32 Å². The standard InChI is InChI=1S/C11H15ClN2O2/c1-16-9-3-2-8(10(12)6-9)7-14-11(15)4-5-13/h2-3,6H,4-5,7,13H2,1H3,(H,14,15). The highest BCUT2D eigenvalue weighted by Gasteiger charge is 2.04. The molecule has 1 aromatic rings. The summed E-state index contributed by atoms with van der Waals surface area (Å²) in [6.07, 6.45) is 0.327. The number of ether oxygens (including phenoxy) is 1. The van der Waals surface area contributed by atoms with Crippen LogP contribution in [0.25, 0.3) is 0 Å². The average Bonchev–Trinajstić information content (AvgIpc) is 2.27. The van der Waals surface area contributed by atoms with Gasteiger partial charge in [0.05, 0.1) is 7.11 Å². The topological polar surface area (TPSA) is 64.3 Å². The van der Waals surface area contributed by atoms with Crippen molar-refractivity contribution in [2.75, 3.05) is 13.7 Å². The molecule has 0 aliphatic rings. The Kier molecular flexibility index (Phi) is 5.08. The molecule has 0 atom stereocenters. The Morgan fingerprint density at radius 2 is 2.31 bits per heavy atom. The Bertz CT molecular complexity index is 369. The van der Waals surface area contributed by atoms with Gasteiger partial charge in [-0.3, -0.25) is 4.79 Å². The SMILES string of the molecule is COc1ccc(CNC(=O)CCN)c(Cl)c1. The van der Waals surface area contributed by atoms with E-state index in [1.54, 1.807) is 19.2 Å². The number of methoxy groups -OCH3 is 1. The molecule has 1 amide bonds. The third kappa shape index (κ3) is 3.72. The van der Waals surface area contributed by atoms with Gasteiger partial charge in [0.25, 0.3) is 0 Å².